The van der Waals surface area contributed by atoms with Crippen molar-refractivity contribution >= 4 is 32.5 Å². The normalized spacial score (nSPS) is 19.1. The quantitative estimate of drug-likeness (QED) is 0.478. The Morgan fingerprint density at radius 3 is 2.54 bits per heavy atom. The Morgan fingerprint density at radius 1 is 1.23 bits per heavy atom. The van der Waals surface area contributed by atoms with Gasteiger partial charge < -0.3 is 13.8 Å². The molecule has 0 aliphatic carbocycles. The van der Waals surface area contributed by atoms with Gasteiger partial charge in [0.25, 0.3) is 5.56 Å². The van der Waals surface area contributed by atoms with Crippen molar-refractivity contribution in [1.82, 2.24) is 14.3 Å². The molecule has 35 heavy (non-hydrogen) atoms. The Kier molecular flexibility index (Phi) is 6.62. The van der Waals surface area contributed by atoms with Crippen LogP contribution in [0.15, 0.2) is 46.2 Å². The van der Waals surface area contributed by atoms with Crippen LogP contribution in [0.5, 0.6) is 5.88 Å². The summed E-state index contributed by atoms with van der Waals surface area (Å²) in [7, 11) is -4.18. The number of alkyl halides is 1. The summed E-state index contributed by atoms with van der Waals surface area (Å²) < 4.78 is 51.9. The number of halogens is 1. The number of ether oxygens (including phenoxy) is 1. The molecule has 1 aliphatic rings. The number of piperidine rings is 1. The number of benzene rings is 1. The zero-order valence-corrected chi connectivity index (χ0v) is 21.4. The third-order valence-electron chi connectivity index (χ3n) is 5.43. The lowest BCUT2D eigenvalue weighted by Gasteiger charge is -2.35. The van der Waals surface area contributed by atoms with Crippen LogP contribution in [0.25, 0.3) is 4.96 Å². The van der Waals surface area contributed by atoms with Crippen molar-refractivity contribution in [3.8, 4) is 5.88 Å². The highest BCUT2D eigenvalue weighted by molar-refractivity contribution is 7.87. The van der Waals surface area contributed by atoms with E-state index in [1.165, 1.54) is 27.6 Å². The zero-order valence-electron chi connectivity index (χ0n) is 19.7. The minimum Gasteiger partial charge on any atom is -0.444 e. The van der Waals surface area contributed by atoms with E-state index in [1.54, 1.807) is 32.9 Å². The average molecular weight is 524 g/mol. The lowest BCUT2D eigenvalue weighted by Crippen LogP contribution is -2.46. The first kappa shape index (κ1) is 25.1. The number of hydrogen-bond donors (Lipinski definition) is 0. The minimum absolute atomic E-state index is 0.0611. The summed E-state index contributed by atoms with van der Waals surface area (Å²) in [5.74, 6) is -0.902. The second kappa shape index (κ2) is 9.23. The van der Waals surface area contributed by atoms with Gasteiger partial charge in [-0.3, -0.25) is 9.20 Å². The zero-order chi connectivity index (χ0) is 25.5. The van der Waals surface area contributed by atoms with Gasteiger partial charge in [0, 0.05) is 23.5 Å². The van der Waals surface area contributed by atoms with Crippen molar-refractivity contribution in [1.29, 1.82) is 0 Å². The Balaban J connectivity index is 1.53. The Hall–Kier alpha value is -2.99. The molecule has 1 amide bonds. The average Bonchev–Trinajstić information content (AvgIpc) is 3.17. The maximum absolute atomic E-state index is 15.1. The number of thiazole rings is 1. The van der Waals surface area contributed by atoms with Crippen LogP contribution in [0.4, 0.5) is 9.18 Å². The first-order valence-electron chi connectivity index (χ1n) is 11.0. The fourth-order valence-electron chi connectivity index (χ4n) is 3.70. The molecule has 0 radical (unpaired) electrons. The van der Waals surface area contributed by atoms with Crippen LogP contribution >= 0.6 is 11.3 Å². The summed E-state index contributed by atoms with van der Waals surface area (Å²) in [6.07, 6.45) is -0.0803. The van der Waals surface area contributed by atoms with Gasteiger partial charge in [0.15, 0.2) is 4.96 Å². The van der Waals surface area contributed by atoms with Crippen LogP contribution in [0.2, 0.25) is 0 Å². The van der Waals surface area contributed by atoms with E-state index in [0.29, 0.717) is 17.8 Å². The second-order valence-corrected chi connectivity index (χ2v) is 12.0. The number of likely N-dealkylation sites (tertiary alicyclic amines) is 1. The van der Waals surface area contributed by atoms with E-state index in [-0.39, 0.29) is 22.3 Å². The third kappa shape index (κ3) is 5.64. The Bertz CT molecular complexity index is 1410. The van der Waals surface area contributed by atoms with E-state index < -0.39 is 39.5 Å². The molecule has 2 aromatic heterocycles. The number of aryl methyl sites for hydroxylation is 1. The predicted molar refractivity (Wildman–Crippen MR) is 128 cm³/mol. The van der Waals surface area contributed by atoms with E-state index in [9.17, 15) is 18.0 Å². The molecule has 3 heterocycles. The van der Waals surface area contributed by atoms with E-state index in [2.05, 4.69) is 4.98 Å². The van der Waals surface area contributed by atoms with Gasteiger partial charge in [-0.1, -0.05) is 17.7 Å². The van der Waals surface area contributed by atoms with Crippen molar-refractivity contribution in [3.63, 3.8) is 0 Å². The summed E-state index contributed by atoms with van der Waals surface area (Å²) in [6.45, 7) is 7.24. The van der Waals surface area contributed by atoms with Gasteiger partial charge in [0.1, 0.15) is 16.7 Å². The van der Waals surface area contributed by atoms with Crippen LogP contribution < -0.4 is 9.74 Å². The van der Waals surface area contributed by atoms with Gasteiger partial charge >= 0.3 is 16.2 Å². The van der Waals surface area contributed by atoms with Crippen LogP contribution in [0, 0.1) is 6.92 Å². The van der Waals surface area contributed by atoms with Crippen molar-refractivity contribution in [2.45, 2.75) is 56.7 Å². The number of rotatable bonds is 4. The van der Waals surface area contributed by atoms with Crippen LogP contribution in [0.3, 0.4) is 0 Å². The van der Waals surface area contributed by atoms with E-state index >= 15 is 4.39 Å². The van der Waals surface area contributed by atoms with E-state index in [0.717, 1.165) is 23.0 Å². The number of hydrogen-bond acceptors (Lipinski definition) is 8. The molecule has 12 heteroatoms. The second-order valence-electron chi connectivity index (χ2n) is 9.41. The van der Waals surface area contributed by atoms with Gasteiger partial charge in [-0.05, 0) is 46.2 Å². The highest BCUT2D eigenvalue weighted by Gasteiger charge is 2.35. The number of fused-ring (bicyclic) bond motifs is 1. The highest BCUT2D eigenvalue weighted by Crippen LogP contribution is 2.35. The molecular weight excluding hydrogens is 497 g/mol. The van der Waals surface area contributed by atoms with E-state index in [1.807, 2.05) is 6.92 Å². The van der Waals surface area contributed by atoms with Gasteiger partial charge in [-0.15, -0.1) is 11.3 Å². The van der Waals surface area contributed by atoms with Gasteiger partial charge in [-0.25, -0.2) is 9.18 Å². The smallest absolute Gasteiger partial charge is 0.410 e. The van der Waals surface area contributed by atoms with Crippen LogP contribution in [-0.4, -0.2) is 53.7 Å². The molecule has 0 unspecified atom stereocenters. The first-order valence-corrected chi connectivity index (χ1v) is 13.2. The molecule has 1 aliphatic heterocycles. The largest absolute Gasteiger partial charge is 0.444 e. The Morgan fingerprint density at radius 2 is 1.91 bits per heavy atom. The molecule has 9 nitrogen and oxygen atoms in total. The summed E-state index contributed by atoms with van der Waals surface area (Å²) in [5.41, 5.74) is -0.339. The maximum atomic E-state index is 15.1. The monoisotopic (exact) mass is 523 g/mol. The molecule has 1 saturated heterocycles. The first-order chi connectivity index (χ1) is 16.3. The standard InChI is InChI=1S/C23H26FN3O6S2/c1-14-5-7-15(8-6-14)35(30,31)33-19-11-20(28)27-13-18(34-21(27)25-19)16-9-10-26(12-17(16)24)22(29)32-23(2,3)4/h5-8,11,13,16-17H,9-10,12H2,1-4H3/t16-,17+/m0/s1. The maximum Gasteiger partial charge on any atom is 0.410 e. The lowest BCUT2D eigenvalue weighted by molar-refractivity contribution is 0.0113. The molecule has 3 aromatic rings. The number of carbonyl (C=O) groups excluding carboxylic acids is 1. The molecule has 4 rings (SSSR count). The summed E-state index contributed by atoms with van der Waals surface area (Å²) >= 11 is 1.08. The molecule has 1 fully saturated rings. The molecule has 0 bridgehead atoms. The predicted octanol–water partition coefficient (Wildman–Crippen LogP) is 3.89. The number of amides is 1. The van der Waals surface area contributed by atoms with Crippen LogP contribution in [0.1, 0.15) is 43.6 Å². The molecule has 0 saturated carbocycles. The summed E-state index contributed by atoms with van der Waals surface area (Å²) in [5, 5.41) is 0. The number of carbonyl (C=O) groups is 1. The molecule has 0 spiro atoms. The number of nitrogens with zero attached hydrogens (tertiary/aromatic N) is 3. The van der Waals surface area contributed by atoms with Crippen LogP contribution in [-0.2, 0) is 14.9 Å². The van der Waals surface area contributed by atoms with Gasteiger partial charge in [0.05, 0.1) is 12.6 Å². The third-order valence-corrected chi connectivity index (χ3v) is 7.78. The highest BCUT2D eigenvalue weighted by atomic mass is 32.2. The fraction of sp³-hybridized carbons (Fsp3) is 0.435. The lowest BCUT2D eigenvalue weighted by atomic mass is 9.94. The number of aromatic nitrogens is 2. The van der Waals surface area contributed by atoms with Gasteiger partial charge in [-0.2, -0.15) is 13.4 Å². The fourth-order valence-corrected chi connectivity index (χ4v) is 5.74. The van der Waals surface area contributed by atoms with Crippen molar-refractivity contribution < 1.29 is 26.5 Å². The molecule has 0 N–H and O–H groups in total. The van der Waals surface area contributed by atoms with Crippen molar-refractivity contribution in [2.24, 2.45) is 0 Å². The van der Waals surface area contributed by atoms with E-state index in [4.69, 9.17) is 8.92 Å². The summed E-state index contributed by atoms with van der Waals surface area (Å²) in [4.78, 5) is 31.1. The SMILES string of the molecule is Cc1ccc(S(=O)(=O)Oc2cc(=O)n3cc([C@H]4CCN(C(=O)OC(C)(C)C)C[C@H]4F)sc3n2)cc1. The Labute approximate surface area is 206 Å². The van der Waals surface area contributed by atoms with Crippen molar-refractivity contribution in [2.75, 3.05) is 13.1 Å². The molecule has 188 valence electrons. The topological polar surface area (TPSA) is 107 Å². The molecular formula is C23H26FN3O6S2. The van der Waals surface area contributed by atoms with Gasteiger partial charge in [0.2, 0.25) is 5.88 Å². The molecule has 2 atom stereocenters. The van der Waals surface area contributed by atoms with Crippen molar-refractivity contribution in [3.05, 3.63) is 57.3 Å². The molecule has 1 aromatic carbocycles. The summed E-state index contributed by atoms with van der Waals surface area (Å²) in [6, 6.07) is 7.06. The minimum atomic E-state index is -4.18.